The van der Waals surface area contributed by atoms with Crippen molar-refractivity contribution in [2.24, 2.45) is 5.92 Å². The number of anilines is 1. The summed E-state index contributed by atoms with van der Waals surface area (Å²) in [5, 5.41) is 15.9. The number of aliphatic hydroxyl groups is 1. The zero-order valence-corrected chi connectivity index (χ0v) is 13.0. The molecule has 1 amide bonds. The number of nitrogens with one attached hydrogen (secondary N) is 1. The van der Waals surface area contributed by atoms with Crippen molar-refractivity contribution in [3.63, 3.8) is 0 Å². The average molecular weight is 316 g/mol. The highest BCUT2D eigenvalue weighted by Crippen LogP contribution is 2.30. The van der Waals surface area contributed by atoms with Crippen molar-refractivity contribution in [2.45, 2.75) is 19.4 Å². The van der Waals surface area contributed by atoms with E-state index >= 15 is 0 Å². The van der Waals surface area contributed by atoms with Crippen molar-refractivity contribution < 1.29 is 14.4 Å². The molecule has 0 bridgehead atoms. The Labute approximate surface area is 134 Å². The highest BCUT2D eigenvalue weighted by Gasteiger charge is 2.25. The van der Waals surface area contributed by atoms with Crippen LogP contribution in [0, 0.1) is 5.92 Å². The number of carbonyl (C=O) groups excluding carboxylic acids is 1. The Morgan fingerprint density at radius 1 is 1.48 bits per heavy atom. The Balaban J connectivity index is 1.75. The van der Waals surface area contributed by atoms with Gasteiger partial charge in [0, 0.05) is 31.8 Å². The van der Waals surface area contributed by atoms with Gasteiger partial charge in [0.1, 0.15) is 0 Å². The molecule has 0 fully saturated rings. The number of aromatic nitrogens is 2. The molecule has 3 rings (SSSR count). The van der Waals surface area contributed by atoms with E-state index in [1.807, 2.05) is 12.1 Å². The number of para-hydroxylation sites is 1. The van der Waals surface area contributed by atoms with Gasteiger partial charge in [0.05, 0.1) is 13.0 Å². The van der Waals surface area contributed by atoms with Crippen LogP contribution in [0.5, 0.6) is 0 Å². The lowest BCUT2D eigenvalue weighted by Crippen LogP contribution is -2.36. The Hall–Kier alpha value is -2.41. The maximum absolute atomic E-state index is 11.4. The van der Waals surface area contributed by atoms with Crippen molar-refractivity contribution in [3.05, 3.63) is 41.5 Å². The zero-order valence-electron chi connectivity index (χ0n) is 13.0. The number of amides is 1. The van der Waals surface area contributed by atoms with Crippen LogP contribution in [0.2, 0.25) is 0 Å². The predicted molar refractivity (Wildman–Crippen MR) is 83.8 cm³/mol. The third-order valence-electron chi connectivity index (χ3n) is 4.01. The van der Waals surface area contributed by atoms with Gasteiger partial charge in [0.2, 0.25) is 11.8 Å². The van der Waals surface area contributed by atoms with Crippen molar-refractivity contribution in [2.75, 3.05) is 25.1 Å². The molecule has 0 saturated carbocycles. The molecule has 0 spiro atoms. The molecule has 1 aromatic heterocycles. The van der Waals surface area contributed by atoms with E-state index in [0.29, 0.717) is 18.3 Å². The summed E-state index contributed by atoms with van der Waals surface area (Å²) in [6.07, 6.45) is 0.977. The molecule has 0 saturated heterocycles. The van der Waals surface area contributed by atoms with E-state index in [9.17, 15) is 9.90 Å². The minimum Gasteiger partial charge on any atom is -0.396 e. The highest BCUT2D eigenvalue weighted by molar-refractivity contribution is 5.77. The van der Waals surface area contributed by atoms with Gasteiger partial charge >= 0.3 is 0 Å². The molecule has 1 aliphatic rings. The average Bonchev–Trinajstić information content (AvgIpc) is 3.01. The second kappa shape index (κ2) is 6.78. The van der Waals surface area contributed by atoms with Gasteiger partial charge in [0.25, 0.3) is 0 Å². The van der Waals surface area contributed by atoms with E-state index in [0.717, 1.165) is 18.7 Å². The number of benzene rings is 1. The quantitative estimate of drug-likeness (QED) is 0.836. The molecule has 1 aromatic carbocycles. The predicted octanol–water partition coefficient (Wildman–Crippen LogP) is 0.529. The second-order valence-electron chi connectivity index (χ2n) is 5.72. The number of hydrogen-bond acceptors (Lipinski definition) is 6. The largest absolute Gasteiger partial charge is 0.396 e. The summed E-state index contributed by atoms with van der Waals surface area (Å²) in [5.41, 5.74) is 2.34. The number of likely N-dealkylation sites (N-methyl/N-ethyl adjacent to an activating group) is 1. The van der Waals surface area contributed by atoms with E-state index in [1.165, 1.54) is 5.56 Å². The van der Waals surface area contributed by atoms with Gasteiger partial charge in [0.15, 0.2) is 5.82 Å². The van der Waals surface area contributed by atoms with Crippen LogP contribution < -0.4 is 10.2 Å². The molecule has 23 heavy (non-hydrogen) atoms. The number of nitrogens with zero attached hydrogens (tertiary/aromatic N) is 3. The minimum absolute atomic E-state index is 0.107. The van der Waals surface area contributed by atoms with Crippen molar-refractivity contribution in [3.8, 4) is 0 Å². The number of aliphatic hydroxyl groups excluding tert-OH is 1. The van der Waals surface area contributed by atoms with Crippen molar-refractivity contribution in [1.82, 2.24) is 15.5 Å². The molecule has 7 nitrogen and oxygen atoms in total. The molecule has 2 aromatic rings. The topological polar surface area (TPSA) is 91.5 Å². The number of carbonyl (C=O) groups is 1. The van der Waals surface area contributed by atoms with Crippen LogP contribution in [0.15, 0.2) is 28.8 Å². The summed E-state index contributed by atoms with van der Waals surface area (Å²) in [5.74, 6) is 0.889. The number of rotatable bonds is 5. The van der Waals surface area contributed by atoms with Crippen LogP contribution >= 0.6 is 0 Å². The molecular weight excluding hydrogens is 296 g/mol. The van der Waals surface area contributed by atoms with Gasteiger partial charge in [-0.2, -0.15) is 4.98 Å². The summed E-state index contributed by atoms with van der Waals surface area (Å²) in [4.78, 5) is 17.8. The first-order valence-electron chi connectivity index (χ1n) is 7.65. The Kier molecular flexibility index (Phi) is 4.57. The Bertz CT molecular complexity index is 685. The molecule has 2 heterocycles. The third-order valence-corrected chi connectivity index (χ3v) is 4.01. The van der Waals surface area contributed by atoms with Gasteiger partial charge < -0.3 is 19.8 Å². The van der Waals surface area contributed by atoms with Crippen molar-refractivity contribution >= 4 is 11.6 Å². The normalized spacial score (nSPS) is 17.0. The van der Waals surface area contributed by atoms with E-state index in [1.54, 1.807) is 7.05 Å². The van der Waals surface area contributed by atoms with E-state index in [-0.39, 0.29) is 24.9 Å². The summed E-state index contributed by atoms with van der Waals surface area (Å²) in [7, 11) is 1.57. The molecule has 2 N–H and O–H groups in total. The lowest BCUT2D eigenvalue weighted by molar-refractivity contribution is -0.120. The second-order valence-corrected chi connectivity index (χ2v) is 5.72. The van der Waals surface area contributed by atoms with Crippen LogP contribution in [0.1, 0.15) is 17.3 Å². The number of hydrogen-bond donors (Lipinski definition) is 2. The SMILES string of the molecule is CNC(=O)Cc1noc(CN2CC(CO)Cc3ccccc32)n1. The standard InChI is InChI=1S/C16H20N4O3/c1-17-15(22)7-14-18-16(23-19-14)9-20-8-11(10-21)6-12-4-2-3-5-13(12)20/h2-5,11,21H,6-10H2,1H3,(H,17,22). The van der Waals surface area contributed by atoms with Crippen LogP contribution in [0.25, 0.3) is 0 Å². The van der Waals surface area contributed by atoms with Crippen LogP contribution in [-0.4, -0.2) is 41.4 Å². The smallest absolute Gasteiger partial charge is 0.246 e. The fourth-order valence-corrected chi connectivity index (χ4v) is 2.87. The fourth-order valence-electron chi connectivity index (χ4n) is 2.87. The van der Waals surface area contributed by atoms with Gasteiger partial charge in [-0.1, -0.05) is 23.4 Å². The Morgan fingerprint density at radius 2 is 2.30 bits per heavy atom. The molecule has 1 aliphatic heterocycles. The summed E-state index contributed by atoms with van der Waals surface area (Å²) < 4.78 is 5.25. The minimum atomic E-state index is -0.152. The van der Waals surface area contributed by atoms with E-state index in [2.05, 4.69) is 32.5 Å². The number of fused-ring (bicyclic) bond motifs is 1. The van der Waals surface area contributed by atoms with Gasteiger partial charge in [-0.05, 0) is 18.1 Å². The third kappa shape index (κ3) is 3.50. The van der Waals surface area contributed by atoms with Gasteiger partial charge in [-0.15, -0.1) is 0 Å². The first kappa shape index (κ1) is 15.5. The molecule has 1 atom stereocenters. The maximum atomic E-state index is 11.4. The van der Waals surface area contributed by atoms with Gasteiger partial charge in [-0.25, -0.2) is 0 Å². The monoisotopic (exact) mass is 316 g/mol. The Morgan fingerprint density at radius 3 is 3.09 bits per heavy atom. The van der Waals surface area contributed by atoms with Crippen LogP contribution in [-0.2, 0) is 24.2 Å². The lowest BCUT2D eigenvalue weighted by Gasteiger charge is -2.34. The first-order valence-corrected chi connectivity index (χ1v) is 7.65. The summed E-state index contributed by atoms with van der Waals surface area (Å²) >= 11 is 0. The van der Waals surface area contributed by atoms with Gasteiger partial charge in [-0.3, -0.25) is 4.79 Å². The van der Waals surface area contributed by atoms with Crippen LogP contribution in [0.4, 0.5) is 5.69 Å². The summed E-state index contributed by atoms with van der Waals surface area (Å²) in [6, 6.07) is 8.14. The van der Waals surface area contributed by atoms with Crippen molar-refractivity contribution in [1.29, 1.82) is 0 Å². The molecule has 0 aliphatic carbocycles. The van der Waals surface area contributed by atoms with E-state index in [4.69, 9.17) is 4.52 Å². The highest BCUT2D eigenvalue weighted by atomic mass is 16.5. The molecule has 0 radical (unpaired) electrons. The lowest BCUT2D eigenvalue weighted by atomic mass is 9.93. The summed E-state index contributed by atoms with van der Waals surface area (Å²) in [6.45, 7) is 1.35. The maximum Gasteiger partial charge on any atom is 0.246 e. The molecule has 122 valence electrons. The molecule has 7 heteroatoms. The molecule has 1 unspecified atom stereocenters. The molecular formula is C16H20N4O3. The fraction of sp³-hybridized carbons (Fsp3) is 0.438. The zero-order chi connectivity index (χ0) is 16.2. The van der Waals surface area contributed by atoms with E-state index < -0.39 is 0 Å². The first-order chi connectivity index (χ1) is 11.2. The van der Waals surface area contributed by atoms with Crippen LogP contribution in [0.3, 0.4) is 0 Å².